The monoisotopic (exact) mass is 343 g/mol. The summed E-state index contributed by atoms with van der Waals surface area (Å²) in [6.07, 6.45) is 1.86. The molecule has 0 fully saturated rings. The van der Waals surface area contributed by atoms with E-state index in [9.17, 15) is 0 Å². The van der Waals surface area contributed by atoms with Crippen LogP contribution in [0.2, 0.25) is 0 Å². The lowest BCUT2D eigenvalue weighted by Gasteiger charge is -2.18. The SMILES string of the molecule is CCn1nccc1C(NC)c1ccc2cc(Br)ccc2c1. The zero-order valence-corrected chi connectivity index (χ0v) is 13.8. The van der Waals surface area contributed by atoms with E-state index in [1.54, 1.807) is 0 Å². The van der Waals surface area contributed by atoms with Crippen LogP contribution in [-0.4, -0.2) is 16.8 Å². The number of fused-ring (bicyclic) bond motifs is 1. The first-order valence-electron chi connectivity index (χ1n) is 7.11. The van der Waals surface area contributed by atoms with Gasteiger partial charge in [-0.25, -0.2) is 0 Å². The third-order valence-electron chi connectivity index (χ3n) is 3.79. The highest BCUT2D eigenvalue weighted by molar-refractivity contribution is 9.10. The summed E-state index contributed by atoms with van der Waals surface area (Å²) in [6.45, 7) is 2.99. The molecule has 0 saturated carbocycles. The Hall–Kier alpha value is -1.65. The Morgan fingerprint density at radius 1 is 1.14 bits per heavy atom. The van der Waals surface area contributed by atoms with Gasteiger partial charge in [-0.05, 0) is 54.6 Å². The van der Waals surface area contributed by atoms with Crippen LogP contribution in [0.4, 0.5) is 0 Å². The molecule has 2 aromatic carbocycles. The van der Waals surface area contributed by atoms with Crippen molar-refractivity contribution >= 4 is 26.7 Å². The molecule has 3 rings (SSSR count). The van der Waals surface area contributed by atoms with Crippen LogP contribution >= 0.6 is 15.9 Å². The van der Waals surface area contributed by atoms with Crippen molar-refractivity contribution in [1.82, 2.24) is 15.1 Å². The molecular formula is C17H18BrN3. The highest BCUT2D eigenvalue weighted by atomic mass is 79.9. The Morgan fingerprint density at radius 3 is 2.67 bits per heavy atom. The lowest BCUT2D eigenvalue weighted by molar-refractivity contribution is 0.563. The fourth-order valence-corrected chi connectivity index (χ4v) is 3.13. The van der Waals surface area contributed by atoms with Gasteiger partial charge in [-0.15, -0.1) is 0 Å². The Balaban J connectivity index is 2.07. The van der Waals surface area contributed by atoms with Crippen molar-refractivity contribution in [2.45, 2.75) is 19.5 Å². The van der Waals surface area contributed by atoms with Crippen LogP contribution in [0.3, 0.4) is 0 Å². The van der Waals surface area contributed by atoms with E-state index in [2.05, 4.69) is 75.7 Å². The number of aromatic nitrogens is 2. The van der Waals surface area contributed by atoms with Crippen molar-refractivity contribution in [3.63, 3.8) is 0 Å². The molecule has 0 spiro atoms. The van der Waals surface area contributed by atoms with E-state index in [4.69, 9.17) is 0 Å². The van der Waals surface area contributed by atoms with Gasteiger partial charge in [-0.2, -0.15) is 5.10 Å². The molecule has 3 aromatic rings. The number of nitrogens with one attached hydrogen (secondary N) is 1. The smallest absolute Gasteiger partial charge is 0.0746 e. The average Bonchev–Trinajstić information content (AvgIpc) is 2.96. The van der Waals surface area contributed by atoms with Crippen LogP contribution in [0, 0.1) is 0 Å². The summed E-state index contributed by atoms with van der Waals surface area (Å²) in [5.41, 5.74) is 2.44. The summed E-state index contributed by atoms with van der Waals surface area (Å²) in [5, 5.41) is 10.3. The van der Waals surface area contributed by atoms with Gasteiger partial charge in [0.15, 0.2) is 0 Å². The van der Waals surface area contributed by atoms with E-state index in [0.29, 0.717) is 0 Å². The van der Waals surface area contributed by atoms with Crippen LogP contribution in [0.5, 0.6) is 0 Å². The van der Waals surface area contributed by atoms with Gasteiger partial charge < -0.3 is 5.32 Å². The number of benzene rings is 2. The maximum atomic E-state index is 4.37. The fraction of sp³-hybridized carbons (Fsp3) is 0.235. The van der Waals surface area contributed by atoms with E-state index < -0.39 is 0 Å². The van der Waals surface area contributed by atoms with Crippen molar-refractivity contribution < 1.29 is 0 Å². The van der Waals surface area contributed by atoms with Crippen molar-refractivity contribution in [1.29, 1.82) is 0 Å². The highest BCUT2D eigenvalue weighted by Crippen LogP contribution is 2.27. The zero-order valence-electron chi connectivity index (χ0n) is 12.2. The molecule has 1 atom stereocenters. The van der Waals surface area contributed by atoms with Crippen LogP contribution < -0.4 is 5.32 Å². The molecule has 4 heteroatoms. The minimum Gasteiger partial charge on any atom is -0.308 e. The van der Waals surface area contributed by atoms with Crippen molar-refractivity contribution in [2.24, 2.45) is 0 Å². The first-order valence-corrected chi connectivity index (χ1v) is 7.90. The lowest BCUT2D eigenvalue weighted by Crippen LogP contribution is -2.21. The molecule has 0 bridgehead atoms. The average molecular weight is 344 g/mol. The number of hydrogen-bond donors (Lipinski definition) is 1. The minimum atomic E-state index is 0.153. The first kappa shape index (κ1) is 14.3. The molecular weight excluding hydrogens is 326 g/mol. The Bertz CT molecular complexity index is 764. The van der Waals surface area contributed by atoms with E-state index in [0.717, 1.165) is 11.0 Å². The van der Waals surface area contributed by atoms with Gasteiger partial charge in [-0.3, -0.25) is 4.68 Å². The zero-order chi connectivity index (χ0) is 14.8. The summed E-state index contributed by atoms with van der Waals surface area (Å²) in [5.74, 6) is 0. The molecule has 0 aliphatic carbocycles. The van der Waals surface area contributed by atoms with Crippen LogP contribution in [0.15, 0.2) is 53.1 Å². The van der Waals surface area contributed by atoms with Crippen molar-refractivity contribution in [2.75, 3.05) is 7.05 Å². The van der Waals surface area contributed by atoms with E-state index in [1.807, 2.05) is 17.9 Å². The summed E-state index contributed by atoms with van der Waals surface area (Å²) in [6, 6.07) is 15.2. The Kier molecular flexibility index (Phi) is 4.08. The molecule has 1 N–H and O–H groups in total. The highest BCUT2D eigenvalue weighted by Gasteiger charge is 2.16. The maximum Gasteiger partial charge on any atom is 0.0746 e. The van der Waals surface area contributed by atoms with Gasteiger partial charge in [-0.1, -0.05) is 34.1 Å². The predicted octanol–water partition coefficient (Wildman–Crippen LogP) is 4.13. The van der Waals surface area contributed by atoms with Crippen LogP contribution in [-0.2, 0) is 6.54 Å². The number of rotatable bonds is 4. The molecule has 0 radical (unpaired) electrons. The van der Waals surface area contributed by atoms with Crippen molar-refractivity contribution in [3.8, 4) is 0 Å². The van der Waals surface area contributed by atoms with E-state index in [1.165, 1.54) is 22.0 Å². The van der Waals surface area contributed by atoms with Crippen molar-refractivity contribution in [3.05, 3.63) is 64.4 Å². The topological polar surface area (TPSA) is 29.9 Å². The lowest BCUT2D eigenvalue weighted by atomic mass is 10.00. The molecule has 0 aliphatic rings. The molecule has 0 amide bonds. The molecule has 0 saturated heterocycles. The van der Waals surface area contributed by atoms with Gasteiger partial charge in [0.05, 0.1) is 11.7 Å². The first-order chi connectivity index (χ1) is 10.2. The molecule has 0 aliphatic heterocycles. The molecule has 1 heterocycles. The van der Waals surface area contributed by atoms with Gasteiger partial charge in [0, 0.05) is 17.2 Å². The largest absolute Gasteiger partial charge is 0.308 e. The number of aryl methyl sites for hydroxylation is 1. The van der Waals surface area contributed by atoms with Crippen LogP contribution in [0.25, 0.3) is 10.8 Å². The third-order valence-corrected chi connectivity index (χ3v) is 4.29. The van der Waals surface area contributed by atoms with Gasteiger partial charge in [0.2, 0.25) is 0 Å². The number of hydrogen-bond acceptors (Lipinski definition) is 2. The summed E-state index contributed by atoms with van der Waals surface area (Å²) >= 11 is 3.52. The van der Waals surface area contributed by atoms with Gasteiger partial charge >= 0.3 is 0 Å². The second kappa shape index (κ2) is 6.00. The summed E-state index contributed by atoms with van der Waals surface area (Å²) in [7, 11) is 1.99. The summed E-state index contributed by atoms with van der Waals surface area (Å²) < 4.78 is 3.14. The third kappa shape index (κ3) is 2.74. The number of halogens is 1. The number of nitrogens with zero attached hydrogens (tertiary/aromatic N) is 2. The Morgan fingerprint density at radius 2 is 1.90 bits per heavy atom. The van der Waals surface area contributed by atoms with Gasteiger partial charge in [0.1, 0.15) is 0 Å². The fourth-order valence-electron chi connectivity index (χ4n) is 2.75. The standard InChI is InChI=1S/C17H18BrN3/c1-3-21-16(8-9-20-21)17(19-2)14-5-4-13-11-15(18)7-6-12(13)10-14/h4-11,17,19H,3H2,1-2H3. The second-order valence-corrected chi connectivity index (χ2v) is 5.96. The van der Waals surface area contributed by atoms with E-state index in [-0.39, 0.29) is 6.04 Å². The molecule has 1 unspecified atom stereocenters. The minimum absolute atomic E-state index is 0.153. The normalized spacial score (nSPS) is 12.7. The molecule has 1 aromatic heterocycles. The predicted molar refractivity (Wildman–Crippen MR) is 90.5 cm³/mol. The quantitative estimate of drug-likeness (QED) is 0.771. The maximum absolute atomic E-state index is 4.37. The second-order valence-electron chi connectivity index (χ2n) is 5.04. The molecule has 21 heavy (non-hydrogen) atoms. The summed E-state index contributed by atoms with van der Waals surface area (Å²) in [4.78, 5) is 0. The van der Waals surface area contributed by atoms with Crippen LogP contribution in [0.1, 0.15) is 24.2 Å². The molecule has 3 nitrogen and oxygen atoms in total. The molecule has 108 valence electrons. The van der Waals surface area contributed by atoms with Gasteiger partial charge in [0.25, 0.3) is 0 Å². The Labute approximate surface area is 133 Å². The van der Waals surface area contributed by atoms with E-state index >= 15 is 0 Å².